The van der Waals surface area contributed by atoms with Crippen LogP contribution < -0.4 is 0 Å². The van der Waals surface area contributed by atoms with Gasteiger partial charge >= 0.3 is 0 Å². The SMILES string of the molecule is Cc1nnc2n1-c1sc3c(c1C(c1c(F)cccc1F)=N[C@H]2C)CC[C@@H](F)CC3. The van der Waals surface area contributed by atoms with Gasteiger partial charge in [0.2, 0.25) is 0 Å². The molecule has 4 nitrogen and oxygen atoms in total. The molecule has 2 atom stereocenters. The summed E-state index contributed by atoms with van der Waals surface area (Å²) in [5.74, 6) is 0.00932. The quantitative estimate of drug-likeness (QED) is 0.522. The lowest BCUT2D eigenvalue weighted by Gasteiger charge is -2.12. The molecule has 1 aromatic carbocycles. The molecule has 8 heteroatoms. The van der Waals surface area contributed by atoms with Crippen LogP contribution in [0.2, 0.25) is 0 Å². The van der Waals surface area contributed by atoms with Crippen molar-refractivity contribution in [1.82, 2.24) is 14.8 Å². The Balaban J connectivity index is 1.84. The third-order valence-corrected chi connectivity index (χ3v) is 6.93. The summed E-state index contributed by atoms with van der Waals surface area (Å²) in [4.78, 5) is 5.77. The number of aryl methyl sites for hydroxylation is 2. The van der Waals surface area contributed by atoms with Crippen LogP contribution in [-0.2, 0) is 12.8 Å². The summed E-state index contributed by atoms with van der Waals surface area (Å²) in [7, 11) is 0. The second-order valence-corrected chi connectivity index (χ2v) is 8.63. The van der Waals surface area contributed by atoms with Crippen LogP contribution in [0.3, 0.4) is 0 Å². The molecule has 0 amide bonds. The van der Waals surface area contributed by atoms with Gasteiger partial charge in [-0.3, -0.25) is 9.56 Å². The molecule has 150 valence electrons. The van der Waals surface area contributed by atoms with E-state index in [9.17, 15) is 13.2 Å². The average molecular weight is 416 g/mol. The number of aliphatic imine (C=N–C) groups is 1. The number of nitrogens with zero attached hydrogens (tertiary/aromatic N) is 4. The molecule has 0 unspecified atom stereocenters. The van der Waals surface area contributed by atoms with E-state index in [1.165, 1.54) is 29.5 Å². The number of halogens is 3. The first kappa shape index (κ1) is 18.5. The highest BCUT2D eigenvalue weighted by molar-refractivity contribution is 7.15. The van der Waals surface area contributed by atoms with Gasteiger partial charge in [-0.2, -0.15) is 0 Å². The molecule has 0 radical (unpaired) electrons. The minimum Gasteiger partial charge on any atom is -0.273 e. The Labute approximate surface area is 170 Å². The van der Waals surface area contributed by atoms with Crippen LogP contribution in [0.4, 0.5) is 13.2 Å². The fourth-order valence-corrected chi connectivity index (χ4v) is 5.65. The highest BCUT2D eigenvalue weighted by Crippen LogP contribution is 2.42. The molecule has 3 heterocycles. The van der Waals surface area contributed by atoms with Crippen LogP contribution in [0.25, 0.3) is 5.00 Å². The van der Waals surface area contributed by atoms with E-state index in [1.807, 2.05) is 18.4 Å². The maximum absolute atomic E-state index is 14.8. The topological polar surface area (TPSA) is 43.1 Å². The number of benzene rings is 1. The van der Waals surface area contributed by atoms with Crippen molar-refractivity contribution < 1.29 is 13.2 Å². The Kier molecular flexibility index (Phi) is 4.34. The van der Waals surface area contributed by atoms with Crippen molar-refractivity contribution in [3.63, 3.8) is 0 Å². The smallest absolute Gasteiger partial charge is 0.162 e. The van der Waals surface area contributed by atoms with Gasteiger partial charge in [0.1, 0.15) is 34.7 Å². The van der Waals surface area contributed by atoms with Gasteiger partial charge in [0, 0.05) is 10.4 Å². The zero-order valence-electron chi connectivity index (χ0n) is 16.0. The van der Waals surface area contributed by atoms with Gasteiger partial charge in [0.25, 0.3) is 0 Å². The maximum Gasteiger partial charge on any atom is 0.162 e. The van der Waals surface area contributed by atoms with Crippen LogP contribution in [0.1, 0.15) is 59.0 Å². The minimum atomic E-state index is -0.868. The summed E-state index contributed by atoms with van der Waals surface area (Å²) in [6.07, 6.45) is 1.10. The van der Waals surface area contributed by atoms with E-state index in [0.717, 1.165) is 15.4 Å². The van der Waals surface area contributed by atoms with Crippen molar-refractivity contribution in [2.75, 3.05) is 0 Å². The number of alkyl halides is 1. The van der Waals surface area contributed by atoms with Crippen LogP contribution in [0.15, 0.2) is 23.2 Å². The molecule has 1 aliphatic heterocycles. The molecule has 0 fully saturated rings. The zero-order valence-corrected chi connectivity index (χ0v) is 16.9. The molecule has 0 spiro atoms. The fourth-order valence-electron chi connectivity index (χ4n) is 4.23. The zero-order chi connectivity index (χ0) is 20.3. The molecule has 29 heavy (non-hydrogen) atoms. The largest absolute Gasteiger partial charge is 0.273 e. The van der Waals surface area contributed by atoms with E-state index < -0.39 is 23.8 Å². The lowest BCUT2D eigenvalue weighted by Crippen LogP contribution is -2.13. The highest BCUT2D eigenvalue weighted by atomic mass is 32.1. The summed E-state index contributed by atoms with van der Waals surface area (Å²) < 4.78 is 45.6. The first-order chi connectivity index (χ1) is 14.0. The lowest BCUT2D eigenvalue weighted by atomic mass is 9.96. The van der Waals surface area contributed by atoms with Gasteiger partial charge in [-0.1, -0.05) is 6.07 Å². The van der Waals surface area contributed by atoms with Crippen molar-refractivity contribution in [3.8, 4) is 5.00 Å². The molecule has 0 saturated heterocycles. The van der Waals surface area contributed by atoms with Crippen molar-refractivity contribution in [2.24, 2.45) is 4.99 Å². The van der Waals surface area contributed by atoms with E-state index in [-0.39, 0.29) is 11.3 Å². The predicted molar refractivity (Wildman–Crippen MR) is 106 cm³/mol. The first-order valence-corrected chi connectivity index (χ1v) is 10.5. The van der Waals surface area contributed by atoms with Gasteiger partial charge < -0.3 is 0 Å². The van der Waals surface area contributed by atoms with E-state index in [0.29, 0.717) is 42.9 Å². The second kappa shape index (κ2) is 6.79. The van der Waals surface area contributed by atoms with Gasteiger partial charge in [0.05, 0.1) is 11.3 Å². The normalized spacial score (nSPS) is 20.9. The van der Waals surface area contributed by atoms with Gasteiger partial charge in [-0.25, -0.2) is 13.2 Å². The third-order valence-electron chi connectivity index (χ3n) is 5.65. The minimum absolute atomic E-state index is 0.140. The van der Waals surface area contributed by atoms with E-state index >= 15 is 0 Å². The number of hydrogen-bond donors (Lipinski definition) is 0. The molecular weight excluding hydrogens is 397 g/mol. The van der Waals surface area contributed by atoms with Crippen molar-refractivity contribution >= 4 is 17.0 Å². The standard InChI is InChI=1S/C21H19F3N4S/c1-10-20-27-26-11(2)28(20)21-17(13-8-6-12(22)7-9-16(13)29-21)19(25-10)18-14(23)4-3-5-15(18)24/h3-5,10,12H,6-9H2,1-2H3/t10-,12+/m0/s1. The Morgan fingerprint density at radius 3 is 2.55 bits per heavy atom. The monoisotopic (exact) mass is 416 g/mol. The van der Waals surface area contributed by atoms with Crippen molar-refractivity contribution in [3.05, 3.63) is 63.0 Å². The molecule has 0 N–H and O–H groups in total. The maximum atomic E-state index is 14.8. The van der Waals surface area contributed by atoms with Gasteiger partial charge in [-0.05, 0) is 57.2 Å². The average Bonchev–Trinajstić information content (AvgIpc) is 3.14. The molecular formula is C21H19F3N4S. The van der Waals surface area contributed by atoms with Crippen LogP contribution in [0.5, 0.6) is 0 Å². The van der Waals surface area contributed by atoms with Gasteiger partial charge in [0.15, 0.2) is 5.82 Å². The van der Waals surface area contributed by atoms with Crippen LogP contribution in [-0.4, -0.2) is 26.6 Å². The fraction of sp³-hybridized carbons (Fsp3) is 0.381. The Morgan fingerprint density at radius 2 is 1.79 bits per heavy atom. The van der Waals surface area contributed by atoms with Crippen LogP contribution >= 0.6 is 11.3 Å². The Hall–Kier alpha value is -2.48. The first-order valence-electron chi connectivity index (χ1n) is 9.69. The van der Waals surface area contributed by atoms with Gasteiger partial charge in [-0.15, -0.1) is 21.5 Å². The number of fused-ring (bicyclic) bond motifs is 5. The van der Waals surface area contributed by atoms with E-state index in [4.69, 9.17) is 4.99 Å². The molecule has 2 aromatic heterocycles. The lowest BCUT2D eigenvalue weighted by molar-refractivity contribution is 0.303. The molecule has 2 aliphatic rings. The third kappa shape index (κ3) is 2.84. The summed E-state index contributed by atoms with van der Waals surface area (Å²) in [6.45, 7) is 3.69. The summed E-state index contributed by atoms with van der Waals surface area (Å²) in [5.41, 5.74) is 1.78. The number of aromatic nitrogens is 3. The predicted octanol–water partition coefficient (Wildman–Crippen LogP) is 5.04. The molecule has 5 rings (SSSR count). The van der Waals surface area contributed by atoms with E-state index in [2.05, 4.69) is 10.2 Å². The van der Waals surface area contributed by atoms with Crippen molar-refractivity contribution in [2.45, 2.75) is 51.7 Å². The Bertz CT molecular complexity index is 1130. The summed E-state index contributed by atoms with van der Waals surface area (Å²) in [5, 5.41) is 9.29. The van der Waals surface area contributed by atoms with Crippen molar-refractivity contribution in [1.29, 1.82) is 0 Å². The molecule has 0 saturated carbocycles. The molecule has 1 aliphatic carbocycles. The molecule has 0 bridgehead atoms. The number of rotatable bonds is 1. The Morgan fingerprint density at radius 1 is 1.07 bits per heavy atom. The highest BCUT2D eigenvalue weighted by Gasteiger charge is 2.34. The number of thiophene rings is 1. The van der Waals surface area contributed by atoms with Crippen LogP contribution in [0, 0.1) is 18.6 Å². The summed E-state index contributed by atoms with van der Waals surface area (Å²) >= 11 is 1.53. The molecule has 3 aromatic rings. The number of hydrogen-bond acceptors (Lipinski definition) is 4. The second-order valence-electron chi connectivity index (χ2n) is 7.55. The van der Waals surface area contributed by atoms with E-state index in [1.54, 1.807) is 0 Å². The summed E-state index contributed by atoms with van der Waals surface area (Å²) in [6, 6.07) is 3.39.